The first kappa shape index (κ1) is 16.9. The van der Waals surface area contributed by atoms with Crippen molar-refractivity contribution < 1.29 is 9.59 Å². The number of rotatable bonds is 8. The Morgan fingerprint density at radius 3 is 2.48 bits per heavy atom. The third kappa shape index (κ3) is 5.66. The molecule has 1 heterocycles. The van der Waals surface area contributed by atoms with E-state index in [9.17, 15) is 9.59 Å². The maximum absolute atomic E-state index is 11.9. The predicted molar refractivity (Wildman–Crippen MR) is 90.0 cm³/mol. The molecule has 4 heteroatoms. The van der Waals surface area contributed by atoms with Crippen molar-refractivity contribution >= 4 is 11.7 Å². The normalized spacial score (nSPS) is 11.7. The van der Waals surface area contributed by atoms with Crippen LogP contribution in [0.5, 0.6) is 0 Å². The van der Waals surface area contributed by atoms with Gasteiger partial charge in [0.1, 0.15) is 0 Å². The van der Waals surface area contributed by atoms with Gasteiger partial charge >= 0.3 is 0 Å². The molecule has 120 valence electrons. The second-order valence-corrected chi connectivity index (χ2v) is 5.57. The van der Waals surface area contributed by atoms with Crippen molar-refractivity contribution in [3.05, 3.63) is 66.0 Å². The van der Waals surface area contributed by atoms with Crippen LogP contribution >= 0.6 is 0 Å². The Kier molecular flexibility index (Phi) is 6.48. The Morgan fingerprint density at radius 2 is 1.78 bits per heavy atom. The molecular weight excluding hydrogens is 288 g/mol. The molecule has 0 saturated heterocycles. The van der Waals surface area contributed by atoms with Crippen molar-refractivity contribution in [2.24, 2.45) is 0 Å². The molecule has 0 saturated carbocycles. The van der Waals surface area contributed by atoms with Crippen LogP contribution in [-0.4, -0.2) is 16.7 Å². The lowest BCUT2D eigenvalue weighted by molar-refractivity contribution is -0.121. The molecule has 0 aliphatic carbocycles. The monoisotopic (exact) mass is 310 g/mol. The fourth-order valence-electron chi connectivity index (χ4n) is 2.37. The zero-order chi connectivity index (χ0) is 16.5. The number of pyridine rings is 1. The van der Waals surface area contributed by atoms with Crippen molar-refractivity contribution in [1.82, 2.24) is 10.3 Å². The largest absolute Gasteiger partial charge is 0.350 e. The van der Waals surface area contributed by atoms with Crippen molar-refractivity contribution in [1.29, 1.82) is 0 Å². The molecule has 1 aromatic heterocycles. The number of hydrogen-bond acceptors (Lipinski definition) is 3. The van der Waals surface area contributed by atoms with Crippen LogP contribution in [0.25, 0.3) is 0 Å². The first-order chi connectivity index (χ1) is 11.2. The Bertz CT molecular complexity index is 626. The summed E-state index contributed by atoms with van der Waals surface area (Å²) in [5.41, 5.74) is 1.72. The maximum atomic E-state index is 11.9. The second kappa shape index (κ2) is 8.83. The lowest BCUT2D eigenvalue weighted by atomic mass is 10.0. The number of unbranched alkanes of at least 4 members (excludes halogenated alkanes) is 1. The number of aromatic nitrogens is 1. The van der Waals surface area contributed by atoms with Gasteiger partial charge in [0, 0.05) is 30.8 Å². The highest BCUT2D eigenvalue weighted by molar-refractivity contribution is 5.95. The van der Waals surface area contributed by atoms with Crippen LogP contribution in [-0.2, 0) is 4.79 Å². The van der Waals surface area contributed by atoms with Gasteiger partial charge in [-0.15, -0.1) is 0 Å². The molecule has 0 aliphatic heterocycles. The molecule has 0 radical (unpaired) electrons. The Balaban J connectivity index is 1.66. The Labute approximate surface area is 137 Å². The quantitative estimate of drug-likeness (QED) is 0.597. The Morgan fingerprint density at radius 1 is 1.04 bits per heavy atom. The smallest absolute Gasteiger partial charge is 0.220 e. The van der Waals surface area contributed by atoms with Gasteiger partial charge in [0.05, 0.1) is 6.04 Å². The van der Waals surface area contributed by atoms with E-state index >= 15 is 0 Å². The molecule has 1 aromatic carbocycles. The molecule has 0 aliphatic rings. The zero-order valence-electron chi connectivity index (χ0n) is 13.4. The highest BCUT2D eigenvalue weighted by Crippen LogP contribution is 2.11. The van der Waals surface area contributed by atoms with Crippen molar-refractivity contribution in [3.8, 4) is 0 Å². The predicted octanol–water partition coefficient (Wildman–Crippen LogP) is 3.70. The maximum Gasteiger partial charge on any atom is 0.220 e. The molecule has 2 rings (SSSR count). The number of carbonyl (C=O) groups excluding carboxylic acids is 2. The fraction of sp³-hybridized carbons (Fsp3) is 0.316. The van der Waals surface area contributed by atoms with E-state index in [2.05, 4.69) is 10.3 Å². The van der Waals surface area contributed by atoms with Crippen molar-refractivity contribution in [3.63, 3.8) is 0 Å². The number of benzene rings is 1. The van der Waals surface area contributed by atoms with E-state index in [1.807, 2.05) is 49.4 Å². The highest BCUT2D eigenvalue weighted by atomic mass is 16.1. The lowest BCUT2D eigenvalue weighted by Crippen LogP contribution is -2.26. The van der Waals surface area contributed by atoms with Crippen LogP contribution in [0.2, 0.25) is 0 Å². The zero-order valence-corrected chi connectivity index (χ0v) is 13.4. The first-order valence-corrected chi connectivity index (χ1v) is 7.94. The van der Waals surface area contributed by atoms with Crippen LogP contribution in [0.3, 0.4) is 0 Å². The molecule has 23 heavy (non-hydrogen) atoms. The SMILES string of the molecule is C[C@H](NC(=O)CCCCC(=O)c1ccccc1)c1cccnc1. The third-order valence-electron chi connectivity index (χ3n) is 3.72. The third-order valence-corrected chi connectivity index (χ3v) is 3.72. The highest BCUT2D eigenvalue weighted by Gasteiger charge is 2.10. The van der Waals surface area contributed by atoms with Gasteiger partial charge in [-0.2, -0.15) is 0 Å². The number of Topliss-reactive ketones (excluding diaryl/α,β-unsaturated/α-hetero) is 1. The summed E-state index contributed by atoms with van der Waals surface area (Å²) < 4.78 is 0. The topological polar surface area (TPSA) is 59.1 Å². The van der Waals surface area contributed by atoms with E-state index in [0.29, 0.717) is 19.3 Å². The van der Waals surface area contributed by atoms with Crippen LogP contribution in [0.15, 0.2) is 54.9 Å². The van der Waals surface area contributed by atoms with Crippen LogP contribution in [0, 0.1) is 0 Å². The van der Waals surface area contributed by atoms with Gasteiger partial charge in [0.25, 0.3) is 0 Å². The minimum atomic E-state index is -0.0536. The number of carbonyl (C=O) groups is 2. The number of nitrogens with zero attached hydrogens (tertiary/aromatic N) is 1. The van der Waals surface area contributed by atoms with Crippen molar-refractivity contribution in [2.45, 2.75) is 38.6 Å². The number of amides is 1. The summed E-state index contributed by atoms with van der Waals surface area (Å²) in [6.07, 6.45) is 5.82. The van der Waals surface area contributed by atoms with Gasteiger partial charge in [-0.1, -0.05) is 36.4 Å². The minimum absolute atomic E-state index is 0.00788. The average Bonchev–Trinajstić information content (AvgIpc) is 2.60. The lowest BCUT2D eigenvalue weighted by Gasteiger charge is -2.13. The molecule has 0 unspecified atom stereocenters. The molecule has 0 spiro atoms. The first-order valence-electron chi connectivity index (χ1n) is 7.94. The van der Waals surface area contributed by atoms with Gasteiger partial charge in [-0.25, -0.2) is 0 Å². The fourth-order valence-corrected chi connectivity index (χ4v) is 2.37. The second-order valence-electron chi connectivity index (χ2n) is 5.57. The minimum Gasteiger partial charge on any atom is -0.350 e. The van der Waals surface area contributed by atoms with Crippen molar-refractivity contribution in [2.75, 3.05) is 0 Å². The average molecular weight is 310 g/mol. The summed E-state index contributed by atoms with van der Waals surface area (Å²) >= 11 is 0. The molecular formula is C19H22N2O2. The summed E-state index contributed by atoms with van der Waals surface area (Å²) in [5.74, 6) is 0.142. The van der Waals surface area contributed by atoms with Crippen LogP contribution < -0.4 is 5.32 Å². The number of hydrogen-bond donors (Lipinski definition) is 1. The standard InChI is InChI=1S/C19H22N2O2/c1-15(17-10-7-13-20-14-17)21-19(23)12-6-5-11-18(22)16-8-3-2-4-9-16/h2-4,7-10,13-15H,5-6,11-12H2,1H3,(H,21,23)/t15-/m0/s1. The summed E-state index contributed by atoms with van der Waals surface area (Å²) in [5, 5.41) is 2.95. The van der Waals surface area contributed by atoms with E-state index in [4.69, 9.17) is 0 Å². The molecule has 1 N–H and O–H groups in total. The summed E-state index contributed by atoms with van der Waals surface area (Å²) in [7, 11) is 0. The summed E-state index contributed by atoms with van der Waals surface area (Å²) in [6.45, 7) is 1.94. The van der Waals surface area contributed by atoms with E-state index in [0.717, 1.165) is 17.5 Å². The summed E-state index contributed by atoms with van der Waals surface area (Å²) in [6, 6.07) is 13.0. The van der Waals surface area contributed by atoms with E-state index in [-0.39, 0.29) is 17.7 Å². The van der Waals surface area contributed by atoms with Gasteiger partial charge in [-0.3, -0.25) is 14.6 Å². The molecule has 1 amide bonds. The molecule has 4 nitrogen and oxygen atoms in total. The molecule has 0 fully saturated rings. The number of nitrogens with one attached hydrogen (secondary N) is 1. The Hall–Kier alpha value is -2.49. The number of ketones is 1. The van der Waals surface area contributed by atoms with Crippen LogP contribution in [0.4, 0.5) is 0 Å². The van der Waals surface area contributed by atoms with Gasteiger partial charge in [0.2, 0.25) is 5.91 Å². The van der Waals surface area contributed by atoms with E-state index in [1.165, 1.54) is 0 Å². The van der Waals surface area contributed by atoms with Crippen LogP contribution in [0.1, 0.15) is 54.6 Å². The van der Waals surface area contributed by atoms with E-state index in [1.54, 1.807) is 12.4 Å². The molecule has 0 bridgehead atoms. The summed E-state index contributed by atoms with van der Waals surface area (Å²) in [4.78, 5) is 27.9. The molecule has 2 aromatic rings. The van der Waals surface area contributed by atoms with E-state index < -0.39 is 0 Å². The van der Waals surface area contributed by atoms with Gasteiger partial charge in [0.15, 0.2) is 5.78 Å². The van der Waals surface area contributed by atoms with Gasteiger partial charge in [-0.05, 0) is 31.4 Å². The van der Waals surface area contributed by atoms with Gasteiger partial charge < -0.3 is 5.32 Å². The molecule has 1 atom stereocenters.